The molecule has 9 nitrogen and oxygen atoms in total. The lowest BCUT2D eigenvalue weighted by Crippen LogP contribution is -2.37. The van der Waals surface area contributed by atoms with E-state index >= 15 is 0 Å². The summed E-state index contributed by atoms with van der Waals surface area (Å²) >= 11 is 7.77. The molecule has 196 valence electrons. The number of nitrogens with zero attached hydrogens (tertiary/aromatic N) is 4. The fraction of sp³-hybridized carbons (Fsp3) is 0.520. The summed E-state index contributed by atoms with van der Waals surface area (Å²) in [7, 11) is 1.70. The zero-order chi connectivity index (χ0) is 26.8. The fourth-order valence-corrected chi connectivity index (χ4v) is 4.71. The Morgan fingerprint density at radius 1 is 1.08 bits per heavy atom. The van der Waals surface area contributed by atoms with Gasteiger partial charge in [0.2, 0.25) is 5.28 Å². The Morgan fingerprint density at radius 2 is 1.72 bits per heavy atom. The first-order valence-corrected chi connectivity index (χ1v) is 12.8. The van der Waals surface area contributed by atoms with E-state index in [1.54, 1.807) is 51.1 Å². The molecule has 36 heavy (non-hydrogen) atoms. The third kappa shape index (κ3) is 7.10. The Labute approximate surface area is 220 Å². The number of hydrogen-bond acceptors (Lipinski definition) is 8. The summed E-state index contributed by atoms with van der Waals surface area (Å²) in [6, 6.07) is 3.52. The average Bonchev–Trinajstić information content (AvgIpc) is 3.35. The Kier molecular flexibility index (Phi) is 8.20. The van der Waals surface area contributed by atoms with Crippen LogP contribution in [0, 0.1) is 6.92 Å². The Balaban J connectivity index is 1.96. The van der Waals surface area contributed by atoms with E-state index in [0.29, 0.717) is 34.8 Å². The van der Waals surface area contributed by atoms with Gasteiger partial charge in [-0.15, -0.1) is 11.3 Å². The van der Waals surface area contributed by atoms with Crippen molar-refractivity contribution < 1.29 is 23.5 Å². The quantitative estimate of drug-likeness (QED) is 0.327. The Hall–Kier alpha value is -2.85. The number of carbonyl (C=O) groups excluding carboxylic acids is 2. The standard InChI is InChI=1S/C25H33ClN4O5S/c1-15-17(11-12-29(8)22(31)34-24(2,3)4)36-19-18(15)27-21(26)28-20(19)30(14-16-10-9-13-33-16)23(32)35-25(5,6)7/h9-10,13H,11-12,14H2,1-8H3. The van der Waals surface area contributed by atoms with Crippen LogP contribution in [0.5, 0.6) is 0 Å². The summed E-state index contributed by atoms with van der Waals surface area (Å²) in [6.45, 7) is 13.4. The molecule has 3 rings (SSSR count). The third-order valence-electron chi connectivity index (χ3n) is 4.96. The second-order valence-corrected chi connectivity index (χ2v) is 11.9. The number of aryl methyl sites for hydroxylation is 1. The van der Waals surface area contributed by atoms with Crippen LogP contribution in [-0.4, -0.2) is 51.8 Å². The highest BCUT2D eigenvalue weighted by atomic mass is 35.5. The van der Waals surface area contributed by atoms with E-state index in [1.807, 2.05) is 27.7 Å². The predicted molar refractivity (Wildman–Crippen MR) is 141 cm³/mol. The Morgan fingerprint density at radius 3 is 2.31 bits per heavy atom. The number of fused-ring (bicyclic) bond motifs is 1. The van der Waals surface area contributed by atoms with Crippen molar-refractivity contribution in [3.8, 4) is 0 Å². The van der Waals surface area contributed by atoms with Gasteiger partial charge in [0, 0.05) is 18.5 Å². The minimum Gasteiger partial charge on any atom is -0.467 e. The van der Waals surface area contributed by atoms with Gasteiger partial charge in [-0.3, -0.25) is 4.90 Å². The van der Waals surface area contributed by atoms with Crippen molar-refractivity contribution in [2.75, 3.05) is 18.5 Å². The van der Waals surface area contributed by atoms with Crippen LogP contribution < -0.4 is 4.90 Å². The van der Waals surface area contributed by atoms with E-state index in [2.05, 4.69) is 9.97 Å². The molecular formula is C25H33ClN4O5S. The Bertz CT molecular complexity index is 1230. The smallest absolute Gasteiger partial charge is 0.416 e. The number of anilines is 1. The second kappa shape index (κ2) is 10.6. The van der Waals surface area contributed by atoms with E-state index in [1.165, 1.54) is 16.2 Å². The molecule has 0 saturated carbocycles. The summed E-state index contributed by atoms with van der Waals surface area (Å²) < 4.78 is 17.3. The lowest BCUT2D eigenvalue weighted by Gasteiger charge is -2.26. The molecule has 0 N–H and O–H groups in total. The van der Waals surface area contributed by atoms with Gasteiger partial charge in [-0.2, -0.15) is 4.98 Å². The molecule has 0 bridgehead atoms. The minimum atomic E-state index is -0.711. The van der Waals surface area contributed by atoms with Gasteiger partial charge in [0.25, 0.3) is 0 Å². The molecule has 3 aromatic rings. The van der Waals surface area contributed by atoms with Gasteiger partial charge < -0.3 is 18.8 Å². The molecule has 3 aromatic heterocycles. The molecule has 0 saturated heterocycles. The van der Waals surface area contributed by atoms with Gasteiger partial charge in [0.1, 0.15) is 17.0 Å². The minimum absolute atomic E-state index is 0.0174. The first-order valence-electron chi connectivity index (χ1n) is 11.6. The maximum atomic E-state index is 13.2. The number of amides is 2. The van der Waals surface area contributed by atoms with Crippen molar-refractivity contribution >= 4 is 51.2 Å². The van der Waals surface area contributed by atoms with Crippen LogP contribution in [-0.2, 0) is 22.4 Å². The van der Waals surface area contributed by atoms with Gasteiger partial charge in [0.05, 0.1) is 23.0 Å². The van der Waals surface area contributed by atoms with Crippen molar-refractivity contribution in [2.24, 2.45) is 0 Å². The molecule has 3 heterocycles. The average molecular weight is 537 g/mol. The highest BCUT2D eigenvalue weighted by Gasteiger charge is 2.29. The van der Waals surface area contributed by atoms with Gasteiger partial charge >= 0.3 is 12.2 Å². The van der Waals surface area contributed by atoms with Gasteiger partial charge in [-0.05, 0) is 84.2 Å². The molecule has 0 aliphatic heterocycles. The van der Waals surface area contributed by atoms with Crippen LogP contribution >= 0.6 is 22.9 Å². The zero-order valence-electron chi connectivity index (χ0n) is 22.0. The number of rotatable bonds is 6. The normalized spacial score (nSPS) is 12.0. The number of halogens is 1. The van der Waals surface area contributed by atoms with Crippen LogP contribution in [0.3, 0.4) is 0 Å². The number of carbonyl (C=O) groups is 2. The predicted octanol–water partition coefficient (Wildman–Crippen LogP) is 6.60. The molecule has 0 aromatic carbocycles. The van der Waals surface area contributed by atoms with Crippen molar-refractivity contribution in [1.29, 1.82) is 0 Å². The number of ether oxygens (including phenoxy) is 2. The van der Waals surface area contributed by atoms with Crippen molar-refractivity contribution in [3.63, 3.8) is 0 Å². The van der Waals surface area contributed by atoms with Crippen LogP contribution in [0.1, 0.15) is 57.7 Å². The SMILES string of the molecule is Cc1c(CCN(C)C(=O)OC(C)(C)C)sc2c(N(Cc3ccco3)C(=O)OC(C)(C)C)nc(Cl)nc12. The first-order chi connectivity index (χ1) is 16.6. The van der Waals surface area contributed by atoms with Crippen molar-refractivity contribution in [1.82, 2.24) is 14.9 Å². The summed E-state index contributed by atoms with van der Waals surface area (Å²) in [4.78, 5) is 38.4. The first kappa shape index (κ1) is 27.7. The highest BCUT2D eigenvalue weighted by Crippen LogP contribution is 2.37. The van der Waals surface area contributed by atoms with Gasteiger partial charge in [0.15, 0.2) is 5.82 Å². The lowest BCUT2D eigenvalue weighted by molar-refractivity contribution is 0.0300. The number of furan rings is 1. The summed E-state index contributed by atoms with van der Waals surface area (Å²) in [5, 5.41) is 0.0174. The zero-order valence-corrected chi connectivity index (χ0v) is 23.5. The van der Waals surface area contributed by atoms with E-state index in [0.717, 1.165) is 10.4 Å². The number of thiophene rings is 1. The van der Waals surface area contributed by atoms with E-state index in [-0.39, 0.29) is 17.9 Å². The van der Waals surface area contributed by atoms with Crippen LogP contribution in [0.15, 0.2) is 22.8 Å². The molecule has 11 heteroatoms. The number of likely N-dealkylation sites (N-methyl/N-ethyl adjacent to an activating group) is 1. The number of aromatic nitrogens is 2. The molecule has 0 spiro atoms. The van der Waals surface area contributed by atoms with Crippen molar-refractivity contribution in [2.45, 2.75) is 72.6 Å². The van der Waals surface area contributed by atoms with Crippen LogP contribution in [0.4, 0.5) is 15.4 Å². The molecule has 2 amide bonds. The van der Waals surface area contributed by atoms with E-state index in [9.17, 15) is 9.59 Å². The molecular weight excluding hydrogens is 504 g/mol. The van der Waals surface area contributed by atoms with Crippen LogP contribution in [0.2, 0.25) is 5.28 Å². The fourth-order valence-electron chi connectivity index (χ4n) is 3.32. The highest BCUT2D eigenvalue weighted by molar-refractivity contribution is 7.19. The van der Waals surface area contributed by atoms with Crippen LogP contribution in [0.25, 0.3) is 10.2 Å². The largest absolute Gasteiger partial charge is 0.467 e. The molecule has 0 atom stereocenters. The summed E-state index contributed by atoms with van der Waals surface area (Å²) in [5.74, 6) is 0.909. The maximum absolute atomic E-state index is 13.2. The second-order valence-electron chi connectivity index (χ2n) is 10.4. The molecule has 0 fully saturated rings. The molecule has 0 aliphatic carbocycles. The van der Waals surface area contributed by atoms with Gasteiger partial charge in [-0.1, -0.05) is 0 Å². The number of hydrogen-bond donors (Lipinski definition) is 0. The van der Waals surface area contributed by atoms with Crippen molar-refractivity contribution in [3.05, 3.63) is 39.9 Å². The molecule has 0 unspecified atom stereocenters. The third-order valence-corrected chi connectivity index (χ3v) is 6.47. The van der Waals surface area contributed by atoms with Gasteiger partial charge in [-0.25, -0.2) is 14.6 Å². The van der Waals surface area contributed by atoms with E-state index in [4.69, 9.17) is 25.5 Å². The lowest BCUT2D eigenvalue weighted by atomic mass is 10.2. The van der Waals surface area contributed by atoms with E-state index < -0.39 is 17.3 Å². The summed E-state index contributed by atoms with van der Waals surface area (Å²) in [5.41, 5.74) is 0.286. The summed E-state index contributed by atoms with van der Waals surface area (Å²) in [6.07, 6.45) is 1.15. The topological polar surface area (TPSA) is 98.0 Å². The molecule has 0 radical (unpaired) electrons. The monoisotopic (exact) mass is 536 g/mol. The molecule has 0 aliphatic rings. The maximum Gasteiger partial charge on any atom is 0.416 e.